The molecule has 0 spiro atoms. The Labute approximate surface area is 519 Å². The molecule has 0 saturated heterocycles. The van der Waals surface area contributed by atoms with Crippen molar-refractivity contribution in [1.29, 1.82) is 0 Å². The van der Waals surface area contributed by atoms with Gasteiger partial charge in [0.1, 0.15) is 60.1 Å². The van der Waals surface area contributed by atoms with Gasteiger partial charge in [-0.25, -0.2) is 18.8 Å². The summed E-state index contributed by atoms with van der Waals surface area (Å²) < 4.78 is 47.6. The lowest BCUT2D eigenvalue weighted by molar-refractivity contribution is -0.152. The van der Waals surface area contributed by atoms with Gasteiger partial charge in [-0.3, -0.25) is 0 Å². The van der Waals surface area contributed by atoms with Crippen molar-refractivity contribution in [2.45, 2.75) is 127 Å². The molecule has 6 aromatic rings. The summed E-state index contributed by atoms with van der Waals surface area (Å²) in [5.74, 6) is 3.08. The standard InChI is InChI=1S/C24H30O4S.C22H25ClO4S.C22H25FO4S/c1-16(2)19-7-9-20(10-8-19)27-14-17(3)15-29-21-11-12-22(18(4)13-21)28-24(5,6)23(25)26;1-14(12-26-17-6-8-19(23)15(2)10-17)13-28-18-7-9-20(16(3)11-18)27-22(4,5)21(24)25;1-14(12-26-17-7-6-15(2)19(23)11-17)13-28-18-8-9-20(16(3)10-18)27-22(4,5)21(24)25/h7-13,16H,3,14-15H2,1-2,4-6H3,(H,25,26);2*6-11H,1,12-13H2,2-5H3,(H,24,25). The predicted molar refractivity (Wildman–Crippen MR) is 344 cm³/mol. The van der Waals surface area contributed by atoms with Crippen LogP contribution in [0.1, 0.15) is 94.7 Å². The molecular formula is C68H80ClFO12S3. The Morgan fingerprint density at radius 1 is 0.471 bits per heavy atom. The van der Waals surface area contributed by atoms with Crippen molar-refractivity contribution in [3.8, 4) is 34.5 Å². The van der Waals surface area contributed by atoms with E-state index in [0.29, 0.717) is 65.8 Å². The summed E-state index contributed by atoms with van der Waals surface area (Å²) in [4.78, 5) is 36.8. The van der Waals surface area contributed by atoms with Crippen molar-refractivity contribution in [2.24, 2.45) is 0 Å². The summed E-state index contributed by atoms with van der Waals surface area (Å²) in [5.41, 5.74) is 4.49. The second-order valence-electron chi connectivity index (χ2n) is 22.1. The van der Waals surface area contributed by atoms with Gasteiger partial charge in [0.2, 0.25) is 0 Å². The lowest BCUT2D eigenvalue weighted by atomic mass is 10.0. The topological polar surface area (TPSA) is 167 Å². The van der Waals surface area contributed by atoms with Crippen LogP contribution >= 0.6 is 46.9 Å². The molecule has 3 N–H and O–H groups in total. The average molecular weight is 1240 g/mol. The zero-order valence-electron chi connectivity index (χ0n) is 50.9. The van der Waals surface area contributed by atoms with Crippen LogP contribution in [0.3, 0.4) is 0 Å². The second kappa shape index (κ2) is 32.5. The molecule has 6 rings (SSSR count). The average Bonchev–Trinajstić information content (AvgIpc) is 3.66. The van der Waals surface area contributed by atoms with Gasteiger partial charge in [-0.05, 0) is 223 Å². The first kappa shape index (κ1) is 70.5. The minimum Gasteiger partial charge on any atom is -0.489 e. The van der Waals surface area contributed by atoms with Crippen LogP contribution in [0.2, 0.25) is 5.02 Å². The number of hydrogen-bond acceptors (Lipinski definition) is 12. The van der Waals surface area contributed by atoms with E-state index < -0.39 is 34.7 Å². The van der Waals surface area contributed by atoms with Crippen LogP contribution in [-0.2, 0) is 14.4 Å². The molecule has 85 heavy (non-hydrogen) atoms. The minimum absolute atomic E-state index is 0.290. The summed E-state index contributed by atoms with van der Waals surface area (Å²) in [6, 6.07) is 35.6. The number of hydrogen-bond donors (Lipinski definition) is 3. The molecule has 0 heterocycles. The smallest absolute Gasteiger partial charge is 0.347 e. The van der Waals surface area contributed by atoms with Crippen LogP contribution in [0.25, 0.3) is 0 Å². The molecular weight excluding hydrogens is 1160 g/mol. The number of rotatable bonds is 28. The minimum atomic E-state index is -1.29. The SMILES string of the molecule is C=C(COc1ccc(C(C)C)cc1)CSc1ccc(OC(C)(C)C(=O)O)c(C)c1.C=C(COc1ccc(C)c(F)c1)CSc1ccc(OC(C)(C)C(=O)O)c(C)c1.C=C(COc1ccc(Cl)c(C)c1)CSc1ccc(OC(C)(C)C(=O)O)c(C)c1. The van der Waals surface area contributed by atoms with E-state index >= 15 is 0 Å². The highest BCUT2D eigenvalue weighted by Gasteiger charge is 2.32. The fraction of sp³-hybridized carbons (Fsp3) is 0.338. The van der Waals surface area contributed by atoms with Crippen LogP contribution in [0.4, 0.5) is 4.39 Å². The van der Waals surface area contributed by atoms with E-state index in [1.807, 2.05) is 100 Å². The van der Waals surface area contributed by atoms with E-state index in [2.05, 4.69) is 45.7 Å². The van der Waals surface area contributed by atoms with Gasteiger partial charge in [-0.1, -0.05) is 63.4 Å². The lowest BCUT2D eigenvalue weighted by Gasteiger charge is -2.23. The highest BCUT2D eigenvalue weighted by Crippen LogP contribution is 2.33. The molecule has 12 nitrogen and oxygen atoms in total. The number of halogens is 2. The van der Waals surface area contributed by atoms with Gasteiger partial charge in [0, 0.05) is 43.0 Å². The lowest BCUT2D eigenvalue weighted by Crippen LogP contribution is -2.38. The molecule has 6 aromatic carbocycles. The van der Waals surface area contributed by atoms with Crippen LogP contribution in [0.5, 0.6) is 34.5 Å². The Morgan fingerprint density at radius 2 is 0.800 bits per heavy atom. The van der Waals surface area contributed by atoms with E-state index in [-0.39, 0.29) is 5.82 Å². The molecule has 0 bridgehead atoms. The summed E-state index contributed by atoms with van der Waals surface area (Å²) in [6.45, 7) is 36.2. The molecule has 0 aromatic heterocycles. The number of thioether (sulfide) groups is 3. The molecule has 0 aliphatic carbocycles. The number of benzene rings is 6. The van der Waals surface area contributed by atoms with Crippen molar-refractivity contribution >= 4 is 64.8 Å². The molecule has 0 saturated carbocycles. The molecule has 0 aliphatic heterocycles. The first-order valence-corrected chi connectivity index (χ1v) is 30.6. The fourth-order valence-corrected chi connectivity index (χ4v) is 9.74. The molecule has 0 fully saturated rings. The first-order valence-electron chi connectivity index (χ1n) is 27.2. The number of aryl methyl sites for hydroxylation is 5. The third-order valence-electron chi connectivity index (χ3n) is 12.6. The van der Waals surface area contributed by atoms with Crippen LogP contribution in [-0.4, -0.2) is 87.1 Å². The first-order chi connectivity index (χ1) is 39.7. The van der Waals surface area contributed by atoms with E-state index in [0.717, 1.165) is 75.9 Å². The zero-order valence-corrected chi connectivity index (χ0v) is 54.1. The summed E-state index contributed by atoms with van der Waals surface area (Å²) in [6.07, 6.45) is 0. The van der Waals surface area contributed by atoms with Crippen LogP contribution in [0, 0.1) is 40.4 Å². The number of aliphatic carboxylic acids is 3. The van der Waals surface area contributed by atoms with Gasteiger partial charge in [-0.15, -0.1) is 35.3 Å². The second-order valence-corrected chi connectivity index (χ2v) is 25.6. The normalized spacial score (nSPS) is 11.2. The maximum absolute atomic E-state index is 13.5. The van der Waals surface area contributed by atoms with Crippen molar-refractivity contribution in [3.05, 3.63) is 196 Å². The number of carboxylic acid groups (broad SMARTS) is 3. The monoisotopic (exact) mass is 1240 g/mol. The molecule has 17 heteroatoms. The van der Waals surface area contributed by atoms with Crippen LogP contribution < -0.4 is 28.4 Å². The Hall–Kier alpha value is -6.98. The quantitative estimate of drug-likeness (QED) is 0.0313. The Balaban J connectivity index is 0.000000273. The Morgan fingerprint density at radius 3 is 1.12 bits per heavy atom. The van der Waals surface area contributed by atoms with E-state index in [1.54, 1.807) is 66.5 Å². The molecule has 0 radical (unpaired) electrons. The number of carbonyl (C=O) groups is 3. The Bertz CT molecular complexity index is 3160. The molecule has 0 unspecified atom stereocenters. The van der Waals surface area contributed by atoms with Gasteiger partial charge in [-0.2, -0.15) is 0 Å². The largest absolute Gasteiger partial charge is 0.489 e. The van der Waals surface area contributed by atoms with E-state index in [4.69, 9.17) is 40.0 Å². The summed E-state index contributed by atoms with van der Waals surface area (Å²) >= 11 is 10.9. The highest BCUT2D eigenvalue weighted by molar-refractivity contribution is 8.00. The van der Waals surface area contributed by atoms with Crippen molar-refractivity contribution in [2.75, 3.05) is 37.1 Å². The van der Waals surface area contributed by atoms with E-state index in [9.17, 15) is 34.1 Å². The highest BCUT2D eigenvalue weighted by atomic mass is 35.5. The van der Waals surface area contributed by atoms with Gasteiger partial charge >= 0.3 is 17.9 Å². The summed E-state index contributed by atoms with van der Waals surface area (Å²) in [7, 11) is 0. The van der Waals surface area contributed by atoms with Gasteiger partial charge < -0.3 is 43.7 Å². The number of ether oxygens (including phenoxy) is 6. The van der Waals surface area contributed by atoms with Crippen molar-refractivity contribution in [1.82, 2.24) is 0 Å². The maximum Gasteiger partial charge on any atom is 0.347 e. The molecule has 0 atom stereocenters. The predicted octanol–water partition coefficient (Wildman–Crippen LogP) is 17.4. The van der Waals surface area contributed by atoms with Crippen LogP contribution in [0.15, 0.2) is 166 Å². The molecule has 0 amide bonds. The van der Waals surface area contributed by atoms with Gasteiger partial charge in [0.15, 0.2) is 16.8 Å². The molecule has 456 valence electrons. The van der Waals surface area contributed by atoms with E-state index in [1.165, 1.54) is 53.2 Å². The third-order valence-corrected chi connectivity index (χ3v) is 16.4. The van der Waals surface area contributed by atoms with Crippen molar-refractivity contribution in [3.63, 3.8) is 0 Å². The summed E-state index contributed by atoms with van der Waals surface area (Å²) in [5, 5.41) is 28.3. The zero-order chi connectivity index (χ0) is 63.4. The number of carboxylic acids is 3. The molecule has 0 aliphatic rings. The maximum atomic E-state index is 13.5. The van der Waals surface area contributed by atoms with Gasteiger partial charge in [0.05, 0.1) is 0 Å². The fourth-order valence-electron chi connectivity index (χ4n) is 6.99. The van der Waals surface area contributed by atoms with Gasteiger partial charge in [0.25, 0.3) is 0 Å². The Kier molecular flexibility index (Phi) is 27.0. The van der Waals surface area contributed by atoms with Crippen molar-refractivity contribution < 1.29 is 62.5 Å². The third kappa shape index (κ3) is 23.8.